The number of hydrogen-bond acceptors (Lipinski definition) is 5. The number of benzene rings is 2. The van der Waals surface area contributed by atoms with Crippen LogP contribution < -0.4 is 0 Å². The van der Waals surface area contributed by atoms with Gasteiger partial charge in [-0.05, 0) is 25.0 Å². The van der Waals surface area contributed by atoms with Gasteiger partial charge >= 0.3 is 0 Å². The Bertz CT molecular complexity index is 885. The van der Waals surface area contributed by atoms with Crippen LogP contribution >= 0.6 is 0 Å². The van der Waals surface area contributed by atoms with E-state index in [-0.39, 0.29) is 35.9 Å². The van der Waals surface area contributed by atoms with Gasteiger partial charge < -0.3 is 4.74 Å². The lowest BCUT2D eigenvalue weighted by Crippen LogP contribution is -2.51. The third-order valence-electron chi connectivity index (χ3n) is 4.39. The lowest BCUT2D eigenvalue weighted by Gasteiger charge is -2.37. The van der Waals surface area contributed by atoms with Gasteiger partial charge in [0, 0.05) is 24.7 Å². The van der Waals surface area contributed by atoms with Crippen molar-refractivity contribution in [1.82, 2.24) is 4.31 Å². The maximum atomic E-state index is 13.0. The molecular formula is C18H20N2O5S. The summed E-state index contributed by atoms with van der Waals surface area (Å²) in [5.74, 6) is 0. The molecule has 26 heavy (non-hydrogen) atoms. The van der Waals surface area contributed by atoms with Gasteiger partial charge in [0.2, 0.25) is 10.0 Å². The van der Waals surface area contributed by atoms with Crippen LogP contribution in [0, 0.1) is 10.1 Å². The van der Waals surface area contributed by atoms with Crippen molar-refractivity contribution in [3.63, 3.8) is 0 Å². The van der Waals surface area contributed by atoms with Crippen LogP contribution in [0.15, 0.2) is 59.5 Å². The summed E-state index contributed by atoms with van der Waals surface area (Å²) in [6.45, 7) is 2.26. The maximum Gasteiger partial charge on any atom is 0.270 e. The number of sulfonamides is 1. The van der Waals surface area contributed by atoms with Crippen LogP contribution in [0.5, 0.6) is 0 Å². The molecule has 2 aromatic carbocycles. The molecule has 1 saturated heterocycles. The molecule has 0 aliphatic carbocycles. The van der Waals surface area contributed by atoms with E-state index in [0.717, 1.165) is 11.6 Å². The average molecular weight is 376 g/mol. The molecule has 1 aliphatic rings. The van der Waals surface area contributed by atoms with E-state index in [9.17, 15) is 18.5 Å². The molecule has 8 heteroatoms. The van der Waals surface area contributed by atoms with Gasteiger partial charge in [0.05, 0.1) is 22.5 Å². The van der Waals surface area contributed by atoms with E-state index in [1.54, 1.807) is 6.92 Å². The molecule has 3 rings (SSSR count). The molecule has 0 saturated carbocycles. The summed E-state index contributed by atoms with van der Waals surface area (Å²) < 4.78 is 33.2. The zero-order chi connectivity index (χ0) is 18.7. The fourth-order valence-electron chi connectivity index (χ4n) is 3.02. The summed E-state index contributed by atoms with van der Waals surface area (Å²) in [5.41, 5.74) is 0.826. The van der Waals surface area contributed by atoms with E-state index in [4.69, 9.17) is 4.74 Å². The molecule has 138 valence electrons. The normalized spacial score (nSPS) is 21.4. The van der Waals surface area contributed by atoms with Crippen LogP contribution in [0.4, 0.5) is 5.69 Å². The van der Waals surface area contributed by atoms with Gasteiger partial charge in [-0.2, -0.15) is 4.31 Å². The van der Waals surface area contributed by atoms with E-state index in [0.29, 0.717) is 6.42 Å². The molecule has 0 aromatic heterocycles. The predicted octanol–water partition coefficient (Wildman–Crippen LogP) is 2.62. The number of rotatable bonds is 5. The molecule has 2 aromatic rings. The highest BCUT2D eigenvalue weighted by Gasteiger charge is 2.36. The van der Waals surface area contributed by atoms with Gasteiger partial charge in [0.25, 0.3) is 5.69 Å². The Morgan fingerprint density at radius 1 is 1.19 bits per heavy atom. The molecule has 0 N–H and O–H groups in total. The van der Waals surface area contributed by atoms with Crippen LogP contribution in [0.2, 0.25) is 0 Å². The summed E-state index contributed by atoms with van der Waals surface area (Å²) in [6.07, 6.45) is 0.344. The number of ether oxygens (including phenoxy) is 1. The first-order valence-corrected chi connectivity index (χ1v) is 9.74. The third kappa shape index (κ3) is 3.92. The van der Waals surface area contributed by atoms with Crippen LogP contribution in [0.1, 0.15) is 12.5 Å². The second-order valence-electron chi connectivity index (χ2n) is 6.32. The second-order valence-corrected chi connectivity index (χ2v) is 8.21. The standard InChI is InChI=1S/C18H20N2O5S/c1-14-13-25-17(10-15-6-3-2-4-7-15)12-19(14)26(23,24)18-9-5-8-16(11-18)20(21)22/h2-9,11,14,17H,10,12-13H2,1H3. The largest absolute Gasteiger partial charge is 0.375 e. The Kier molecular flexibility index (Phi) is 5.36. The fourth-order valence-corrected chi connectivity index (χ4v) is 4.71. The fraction of sp³-hybridized carbons (Fsp3) is 0.333. The first-order chi connectivity index (χ1) is 12.4. The van der Waals surface area contributed by atoms with Gasteiger partial charge in [-0.15, -0.1) is 0 Å². The number of nitrogens with zero attached hydrogens (tertiary/aromatic N) is 2. The van der Waals surface area contributed by atoms with Gasteiger partial charge in [0.15, 0.2) is 0 Å². The van der Waals surface area contributed by atoms with Crippen molar-refractivity contribution in [3.8, 4) is 0 Å². The topological polar surface area (TPSA) is 89.8 Å². The molecule has 7 nitrogen and oxygen atoms in total. The minimum atomic E-state index is -3.84. The van der Waals surface area contributed by atoms with Crippen molar-refractivity contribution in [2.45, 2.75) is 30.4 Å². The van der Waals surface area contributed by atoms with Crippen molar-refractivity contribution in [2.75, 3.05) is 13.2 Å². The monoisotopic (exact) mass is 376 g/mol. The molecule has 2 atom stereocenters. The van der Waals surface area contributed by atoms with Crippen molar-refractivity contribution >= 4 is 15.7 Å². The van der Waals surface area contributed by atoms with Gasteiger partial charge in [-0.25, -0.2) is 8.42 Å². The van der Waals surface area contributed by atoms with E-state index >= 15 is 0 Å². The highest BCUT2D eigenvalue weighted by atomic mass is 32.2. The van der Waals surface area contributed by atoms with Gasteiger partial charge in [0.1, 0.15) is 0 Å². The van der Waals surface area contributed by atoms with Crippen molar-refractivity contribution in [2.24, 2.45) is 0 Å². The molecule has 0 spiro atoms. The van der Waals surface area contributed by atoms with E-state index < -0.39 is 14.9 Å². The molecule has 1 fully saturated rings. The highest BCUT2D eigenvalue weighted by Crippen LogP contribution is 2.26. The van der Waals surface area contributed by atoms with Gasteiger partial charge in [-0.3, -0.25) is 10.1 Å². The summed E-state index contributed by atoms with van der Waals surface area (Å²) >= 11 is 0. The Labute approximate surface area is 152 Å². The van der Waals surface area contributed by atoms with Crippen LogP contribution in [-0.2, 0) is 21.2 Å². The zero-order valence-corrected chi connectivity index (χ0v) is 15.1. The van der Waals surface area contributed by atoms with E-state index in [1.807, 2.05) is 30.3 Å². The average Bonchev–Trinajstić information content (AvgIpc) is 2.64. The number of nitro groups is 1. The number of nitro benzene ring substituents is 1. The summed E-state index contributed by atoms with van der Waals surface area (Å²) in [6, 6.07) is 14.5. The summed E-state index contributed by atoms with van der Waals surface area (Å²) in [4.78, 5) is 10.3. The second kappa shape index (κ2) is 7.53. The predicted molar refractivity (Wildman–Crippen MR) is 96.3 cm³/mol. The number of morpholine rings is 1. The minimum absolute atomic E-state index is 0.0705. The quantitative estimate of drug-likeness (QED) is 0.591. The molecule has 2 unspecified atom stereocenters. The molecule has 0 bridgehead atoms. The zero-order valence-electron chi connectivity index (χ0n) is 14.3. The molecule has 0 radical (unpaired) electrons. The van der Waals surface area contributed by atoms with Crippen molar-refractivity contribution < 1.29 is 18.1 Å². The number of non-ortho nitro benzene ring substituents is 1. The minimum Gasteiger partial charge on any atom is -0.375 e. The molecule has 1 aliphatic heterocycles. The lowest BCUT2D eigenvalue weighted by atomic mass is 10.1. The maximum absolute atomic E-state index is 13.0. The van der Waals surface area contributed by atoms with Gasteiger partial charge in [-0.1, -0.05) is 36.4 Å². The van der Waals surface area contributed by atoms with Crippen molar-refractivity contribution in [1.29, 1.82) is 0 Å². The Morgan fingerprint density at radius 2 is 1.92 bits per heavy atom. The smallest absolute Gasteiger partial charge is 0.270 e. The molecular weight excluding hydrogens is 356 g/mol. The van der Waals surface area contributed by atoms with E-state index in [1.165, 1.54) is 22.5 Å². The van der Waals surface area contributed by atoms with Crippen LogP contribution in [0.25, 0.3) is 0 Å². The molecule has 1 heterocycles. The first kappa shape index (κ1) is 18.5. The summed E-state index contributed by atoms with van der Waals surface area (Å²) in [5, 5.41) is 11.0. The van der Waals surface area contributed by atoms with Crippen LogP contribution in [-0.4, -0.2) is 42.9 Å². The number of hydrogen-bond donors (Lipinski definition) is 0. The van der Waals surface area contributed by atoms with Crippen LogP contribution in [0.3, 0.4) is 0 Å². The Balaban J connectivity index is 1.83. The Hall–Kier alpha value is -2.29. The Morgan fingerprint density at radius 3 is 2.62 bits per heavy atom. The summed E-state index contributed by atoms with van der Waals surface area (Å²) in [7, 11) is -3.84. The third-order valence-corrected chi connectivity index (χ3v) is 6.37. The lowest BCUT2D eigenvalue weighted by molar-refractivity contribution is -0.385. The SMILES string of the molecule is CC1COC(Cc2ccccc2)CN1S(=O)(=O)c1cccc([N+](=O)[O-])c1. The van der Waals surface area contributed by atoms with E-state index in [2.05, 4.69) is 0 Å². The molecule has 0 amide bonds. The first-order valence-electron chi connectivity index (χ1n) is 8.30. The highest BCUT2D eigenvalue weighted by molar-refractivity contribution is 7.89. The van der Waals surface area contributed by atoms with Crippen molar-refractivity contribution in [3.05, 3.63) is 70.3 Å².